The van der Waals surface area contributed by atoms with Gasteiger partial charge in [0.1, 0.15) is 11.6 Å². The van der Waals surface area contributed by atoms with Gasteiger partial charge in [-0.1, -0.05) is 0 Å². The van der Waals surface area contributed by atoms with Crippen molar-refractivity contribution >= 4 is 35.2 Å². The van der Waals surface area contributed by atoms with Crippen LogP contribution in [0.15, 0.2) is 0 Å². The Hall–Kier alpha value is -1.94. The summed E-state index contributed by atoms with van der Waals surface area (Å²) >= 11 is 5.03. The van der Waals surface area contributed by atoms with Crippen molar-refractivity contribution in [1.82, 2.24) is 10.2 Å². The van der Waals surface area contributed by atoms with Crippen molar-refractivity contribution in [3.8, 4) is 0 Å². The van der Waals surface area contributed by atoms with Gasteiger partial charge < -0.3 is 31.3 Å². The molecule has 0 saturated carbocycles. The van der Waals surface area contributed by atoms with Gasteiger partial charge in [-0.2, -0.15) is 0 Å². The van der Waals surface area contributed by atoms with Crippen LogP contribution < -0.4 is 11.1 Å². The van der Waals surface area contributed by atoms with Crippen molar-refractivity contribution in [2.24, 2.45) is 5.73 Å². The summed E-state index contributed by atoms with van der Waals surface area (Å²) in [4.78, 5) is 33.9. The number of hydrogen-bond donors (Lipinski definition) is 5. The van der Waals surface area contributed by atoms with Crippen molar-refractivity contribution in [2.45, 2.75) is 30.8 Å². The maximum absolute atomic E-state index is 11.2. The minimum absolute atomic E-state index is 0.0477. The van der Waals surface area contributed by atoms with E-state index in [2.05, 4.69) is 5.32 Å². The second-order valence-electron chi connectivity index (χ2n) is 4.88. The van der Waals surface area contributed by atoms with Gasteiger partial charge in [-0.15, -0.1) is 0 Å². The highest BCUT2D eigenvalue weighted by Crippen LogP contribution is 2.26. The van der Waals surface area contributed by atoms with Gasteiger partial charge in [0, 0.05) is 25.9 Å². The molecule has 1 saturated heterocycles. The van der Waals surface area contributed by atoms with Crippen LogP contribution in [0.3, 0.4) is 0 Å². The molecular formula is C11H17N3O6S. The smallest absolute Gasteiger partial charge is 0.326 e. The summed E-state index contributed by atoms with van der Waals surface area (Å²) in [5.41, 5.74) is 4.01. The second kappa shape index (κ2) is 6.68. The lowest BCUT2D eigenvalue weighted by atomic mass is 9.98. The number of likely N-dealkylation sites (tertiary alicyclic amines) is 1. The summed E-state index contributed by atoms with van der Waals surface area (Å²) < 4.78 is 0. The zero-order chi connectivity index (χ0) is 16.2. The highest BCUT2D eigenvalue weighted by Gasteiger charge is 2.50. The Morgan fingerprint density at radius 2 is 1.95 bits per heavy atom. The van der Waals surface area contributed by atoms with Crippen LogP contribution in [0, 0.1) is 0 Å². The zero-order valence-electron chi connectivity index (χ0n) is 11.1. The van der Waals surface area contributed by atoms with E-state index in [-0.39, 0.29) is 31.0 Å². The molecule has 0 aromatic heterocycles. The highest BCUT2D eigenvalue weighted by atomic mass is 32.1. The van der Waals surface area contributed by atoms with E-state index in [1.807, 2.05) is 0 Å². The molecule has 9 nitrogen and oxygen atoms in total. The Morgan fingerprint density at radius 3 is 2.43 bits per heavy atom. The summed E-state index contributed by atoms with van der Waals surface area (Å²) in [5, 5.41) is 29.5. The number of aliphatic carboxylic acids is 3. The fourth-order valence-electron chi connectivity index (χ4n) is 2.06. The monoisotopic (exact) mass is 319 g/mol. The number of nitrogens with one attached hydrogen (secondary N) is 1. The normalized spacial score (nSPS) is 24.6. The molecule has 0 aliphatic carbocycles. The van der Waals surface area contributed by atoms with Gasteiger partial charge in [0.05, 0.1) is 0 Å². The molecule has 118 valence electrons. The number of hydrogen-bond acceptors (Lipinski definition) is 5. The van der Waals surface area contributed by atoms with E-state index in [1.54, 1.807) is 0 Å². The van der Waals surface area contributed by atoms with Crippen LogP contribution in [0.4, 0.5) is 0 Å². The molecule has 0 aromatic rings. The first-order valence-corrected chi connectivity index (χ1v) is 6.59. The van der Waals surface area contributed by atoms with Crippen molar-refractivity contribution in [3.05, 3.63) is 0 Å². The summed E-state index contributed by atoms with van der Waals surface area (Å²) in [6.45, 7) is 0.0304. The number of nitrogens with two attached hydrogens (primary N) is 1. The molecule has 0 unspecified atom stereocenters. The predicted octanol–water partition coefficient (Wildman–Crippen LogP) is -1.33. The second-order valence-corrected chi connectivity index (χ2v) is 5.26. The quantitative estimate of drug-likeness (QED) is 0.294. The van der Waals surface area contributed by atoms with E-state index in [4.69, 9.17) is 33.3 Å². The van der Waals surface area contributed by atoms with E-state index in [1.165, 1.54) is 4.90 Å². The van der Waals surface area contributed by atoms with E-state index >= 15 is 0 Å². The minimum atomic E-state index is -1.67. The molecule has 0 aromatic carbocycles. The molecule has 1 rings (SSSR count). The van der Waals surface area contributed by atoms with Gasteiger partial charge in [0.25, 0.3) is 0 Å². The molecule has 1 heterocycles. The summed E-state index contributed by atoms with van der Waals surface area (Å²) in [7, 11) is 0. The molecule has 0 amide bonds. The number of thiocarbonyl (C=S) groups is 1. The largest absolute Gasteiger partial charge is 0.481 e. The summed E-state index contributed by atoms with van der Waals surface area (Å²) in [5.74, 6) is -3.44. The van der Waals surface area contributed by atoms with E-state index in [0.29, 0.717) is 6.42 Å². The Labute approximate surface area is 125 Å². The fraction of sp³-hybridized carbons (Fsp3) is 0.636. The van der Waals surface area contributed by atoms with Crippen LogP contribution >= 0.6 is 12.2 Å². The first kappa shape index (κ1) is 17.1. The number of carbonyl (C=O) groups is 3. The molecule has 6 N–H and O–H groups in total. The lowest BCUT2D eigenvalue weighted by molar-refractivity contribution is -0.143. The number of nitrogens with zero attached hydrogens (tertiary/aromatic N) is 1. The Kier molecular flexibility index (Phi) is 5.44. The Bertz CT molecular complexity index is 471. The first-order chi connectivity index (χ1) is 9.67. The molecular weight excluding hydrogens is 302 g/mol. The standard InChI is InChI=1S/C11H17N3O6S/c12-11(9(19)20)4-6(8(17)18)14(5-11)10(21)13-3-1-2-7(15)16/h6H,1-5,12H2,(H,13,21)(H,15,16)(H,17,18)(H,19,20)/t6-,11+/m0/s1. The van der Waals surface area contributed by atoms with Crippen LogP contribution in [-0.2, 0) is 14.4 Å². The predicted molar refractivity (Wildman–Crippen MR) is 74.8 cm³/mol. The van der Waals surface area contributed by atoms with Gasteiger partial charge >= 0.3 is 17.9 Å². The average Bonchev–Trinajstić information content (AvgIpc) is 2.74. The van der Waals surface area contributed by atoms with Gasteiger partial charge in [-0.05, 0) is 18.6 Å². The van der Waals surface area contributed by atoms with Crippen LogP contribution in [-0.4, -0.2) is 67.9 Å². The van der Waals surface area contributed by atoms with E-state index in [9.17, 15) is 14.4 Å². The minimum Gasteiger partial charge on any atom is -0.481 e. The van der Waals surface area contributed by atoms with Crippen LogP contribution in [0.2, 0.25) is 0 Å². The van der Waals surface area contributed by atoms with Crippen LogP contribution in [0.1, 0.15) is 19.3 Å². The van der Waals surface area contributed by atoms with Gasteiger partial charge in [0.2, 0.25) is 0 Å². The first-order valence-electron chi connectivity index (χ1n) is 6.19. The topological polar surface area (TPSA) is 153 Å². The maximum Gasteiger partial charge on any atom is 0.326 e. The third-order valence-corrected chi connectivity index (χ3v) is 3.58. The zero-order valence-corrected chi connectivity index (χ0v) is 11.9. The van der Waals surface area contributed by atoms with Crippen molar-refractivity contribution in [2.75, 3.05) is 13.1 Å². The molecule has 0 radical (unpaired) electrons. The Balaban J connectivity index is 2.66. The lowest BCUT2D eigenvalue weighted by Gasteiger charge is -2.25. The summed E-state index contributed by atoms with van der Waals surface area (Å²) in [6.07, 6.45) is 0.0102. The lowest BCUT2D eigenvalue weighted by Crippen LogP contribution is -2.52. The van der Waals surface area contributed by atoms with E-state index < -0.39 is 29.5 Å². The van der Waals surface area contributed by atoms with Crippen LogP contribution in [0.5, 0.6) is 0 Å². The molecule has 10 heteroatoms. The van der Waals surface area contributed by atoms with Gasteiger partial charge in [0.15, 0.2) is 5.11 Å². The van der Waals surface area contributed by atoms with E-state index in [0.717, 1.165) is 0 Å². The summed E-state index contributed by atoms with van der Waals surface area (Å²) in [6, 6.07) is -1.12. The number of carboxylic acids is 3. The Morgan fingerprint density at radius 1 is 1.33 bits per heavy atom. The SMILES string of the molecule is N[C@]1(C(=O)O)C[C@@H](C(=O)O)N(C(=S)NCCCC(=O)O)C1. The van der Waals surface area contributed by atoms with Crippen molar-refractivity contribution in [3.63, 3.8) is 0 Å². The molecule has 1 aliphatic heterocycles. The third kappa shape index (κ3) is 4.26. The highest BCUT2D eigenvalue weighted by molar-refractivity contribution is 7.80. The molecule has 21 heavy (non-hydrogen) atoms. The van der Waals surface area contributed by atoms with Crippen molar-refractivity contribution < 1.29 is 29.7 Å². The average molecular weight is 319 g/mol. The molecule has 1 fully saturated rings. The van der Waals surface area contributed by atoms with Gasteiger partial charge in [-0.3, -0.25) is 9.59 Å². The fourth-order valence-corrected chi connectivity index (χ4v) is 2.35. The van der Waals surface area contributed by atoms with Crippen molar-refractivity contribution in [1.29, 1.82) is 0 Å². The molecule has 2 atom stereocenters. The maximum atomic E-state index is 11.2. The molecule has 0 bridgehead atoms. The van der Waals surface area contributed by atoms with Gasteiger partial charge in [-0.25, -0.2) is 4.79 Å². The van der Waals surface area contributed by atoms with Crippen LogP contribution in [0.25, 0.3) is 0 Å². The molecule has 0 spiro atoms. The number of carboxylic acid groups (broad SMARTS) is 3. The third-order valence-electron chi connectivity index (χ3n) is 3.20. The molecule has 1 aliphatic rings. The number of rotatable bonds is 6.